The van der Waals surface area contributed by atoms with Crippen molar-refractivity contribution in [3.8, 4) is 0 Å². The summed E-state index contributed by atoms with van der Waals surface area (Å²) in [5.74, 6) is 0.628. The Kier molecular flexibility index (Phi) is 2.63. The second-order valence-corrected chi connectivity index (χ2v) is 5.20. The lowest BCUT2D eigenvalue weighted by Gasteiger charge is -2.31. The summed E-state index contributed by atoms with van der Waals surface area (Å²) in [5.41, 5.74) is 1.13. The molecule has 1 aliphatic carbocycles. The Hall–Kier alpha value is -1.35. The molecule has 1 fully saturated rings. The van der Waals surface area contributed by atoms with Crippen LogP contribution in [-0.4, -0.2) is 21.0 Å². The van der Waals surface area contributed by atoms with Gasteiger partial charge in [0.05, 0.1) is 23.9 Å². The third kappa shape index (κ3) is 1.84. The van der Waals surface area contributed by atoms with Gasteiger partial charge in [0, 0.05) is 5.39 Å². The topological polar surface area (TPSA) is 38.0 Å². The standard InChI is InChI=1S/C14H18N2O/c1-10-6-7-13(14(17)8-10)16-12-5-3-2-4-11(12)9-15-16/h2-5,9-10,13-14,17H,6-8H2,1H3/t10-,13-,14-/m1/s1. The van der Waals surface area contributed by atoms with Gasteiger partial charge in [0.2, 0.25) is 0 Å². The number of aliphatic hydroxyl groups excluding tert-OH is 1. The molecule has 1 aliphatic rings. The quantitative estimate of drug-likeness (QED) is 0.818. The minimum atomic E-state index is -0.262. The molecule has 2 aromatic rings. The van der Waals surface area contributed by atoms with Gasteiger partial charge >= 0.3 is 0 Å². The van der Waals surface area contributed by atoms with Gasteiger partial charge in [-0.2, -0.15) is 5.10 Å². The van der Waals surface area contributed by atoms with Crippen molar-refractivity contribution in [2.45, 2.75) is 38.3 Å². The summed E-state index contributed by atoms with van der Waals surface area (Å²) in [4.78, 5) is 0. The molecule has 1 heterocycles. The highest BCUT2D eigenvalue weighted by Crippen LogP contribution is 2.33. The van der Waals surface area contributed by atoms with E-state index in [0.717, 1.165) is 23.7 Å². The SMILES string of the molecule is C[C@@H]1CC[C@@H](n2ncc3ccccc32)[C@H](O)C1. The fourth-order valence-electron chi connectivity index (χ4n) is 2.88. The second-order valence-electron chi connectivity index (χ2n) is 5.20. The van der Waals surface area contributed by atoms with Crippen LogP contribution in [0.25, 0.3) is 10.9 Å². The number of hydrogen-bond acceptors (Lipinski definition) is 2. The first-order valence-electron chi connectivity index (χ1n) is 6.36. The van der Waals surface area contributed by atoms with E-state index in [1.54, 1.807) is 0 Å². The molecule has 3 nitrogen and oxygen atoms in total. The maximum atomic E-state index is 10.2. The van der Waals surface area contributed by atoms with Crippen molar-refractivity contribution in [1.29, 1.82) is 0 Å². The van der Waals surface area contributed by atoms with Crippen LogP contribution in [0.5, 0.6) is 0 Å². The third-order valence-corrected chi connectivity index (χ3v) is 3.86. The summed E-state index contributed by atoms with van der Waals surface area (Å²) in [6, 6.07) is 8.33. The van der Waals surface area contributed by atoms with Crippen molar-refractivity contribution in [1.82, 2.24) is 9.78 Å². The molecule has 3 atom stereocenters. The molecular weight excluding hydrogens is 212 g/mol. The van der Waals surface area contributed by atoms with E-state index in [1.807, 2.05) is 23.0 Å². The van der Waals surface area contributed by atoms with Crippen LogP contribution >= 0.6 is 0 Å². The Morgan fingerprint density at radius 1 is 1.29 bits per heavy atom. The first kappa shape index (κ1) is 10.8. The number of benzene rings is 1. The Labute approximate surface area is 101 Å². The molecule has 3 heteroatoms. The minimum absolute atomic E-state index is 0.145. The zero-order valence-corrected chi connectivity index (χ0v) is 10.1. The lowest BCUT2D eigenvalue weighted by Crippen LogP contribution is -2.31. The van der Waals surface area contributed by atoms with Gasteiger partial charge in [-0.25, -0.2) is 0 Å². The maximum Gasteiger partial charge on any atom is 0.0785 e. The highest BCUT2D eigenvalue weighted by Gasteiger charge is 2.29. The number of aromatic nitrogens is 2. The molecule has 1 N–H and O–H groups in total. The number of aliphatic hydroxyl groups is 1. The van der Waals surface area contributed by atoms with Crippen LogP contribution < -0.4 is 0 Å². The van der Waals surface area contributed by atoms with E-state index < -0.39 is 0 Å². The summed E-state index contributed by atoms with van der Waals surface area (Å²) >= 11 is 0. The molecule has 1 aromatic heterocycles. The minimum Gasteiger partial charge on any atom is -0.391 e. The van der Waals surface area contributed by atoms with Crippen LogP contribution in [0.4, 0.5) is 0 Å². The van der Waals surface area contributed by atoms with Gasteiger partial charge in [0.1, 0.15) is 0 Å². The lowest BCUT2D eigenvalue weighted by molar-refractivity contribution is 0.0511. The molecule has 0 radical (unpaired) electrons. The molecule has 1 aromatic carbocycles. The van der Waals surface area contributed by atoms with Crippen molar-refractivity contribution >= 4 is 10.9 Å². The van der Waals surface area contributed by atoms with E-state index in [0.29, 0.717) is 5.92 Å². The van der Waals surface area contributed by atoms with E-state index in [4.69, 9.17) is 0 Å². The molecule has 17 heavy (non-hydrogen) atoms. The van der Waals surface area contributed by atoms with E-state index >= 15 is 0 Å². The van der Waals surface area contributed by atoms with E-state index in [2.05, 4.69) is 24.2 Å². The lowest BCUT2D eigenvalue weighted by atomic mass is 9.85. The fourth-order valence-corrected chi connectivity index (χ4v) is 2.88. The van der Waals surface area contributed by atoms with Gasteiger partial charge in [-0.1, -0.05) is 25.1 Å². The number of hydrogen-bond donors (Lipinski definition) is 1. The molecule has 0 spiro atoms. The summed E-state index contributed by atoms with van der Waals surface area (Å²) in [6.45, 7) is 2.21. The Morgan fingerprint density at radius 3 is 2.94 bits per heavy atom. The highest BCUT2D eigenvalue weighted by molar-refractivity contribution is 5.78. The van der Waals surface area contributed by atoms with Gasteiger partial charge < -0.3 is 5.11 Å². The molecule has 0 saturated heterocycles. The highest BCUT2D eigenvalue weighted by atomic mass is 16.3. The summed E-state index contributed by atoms with van der Waals surface area (Å²) in [5, 5.41) is 15.8. The molecule has 0 unspecified atom stereocenters. The fraction of sp³-hybridized carbons (Fsp3) is 0.500. The van der Waals surface area contributed by atoms with E-state index in [-0.39, 0.29) is 12.1 Å². The van der Waals surface area contributed by atoms with Crippen LogP contribution in [0.15, 0.2) is 30.5 Å². The summed E-state index contributed by atoms with van der Waals surface area (Å²) < 4.78 is 2.01. The zero-order chi connectivity index (χ0) is 11.8. The number of nitrogens with zero attached hydrogens (tertiary/aromatic N) is 2. The molecule has 0 aliphatic heterocycles. The van der Waals surface area contributed by atoms with Crippen LogP contribution in [0.2, 0.25) is 0 Å². The van der Waals surface area contributed by atoms with Crippen molar-refractivity contribution in [2.75, 3.05) is 0 Å². The molecule has 1 saturated carbocycles. The molecular formula is C14H18N2O. The van der Waals surface area contributed by atoms with Crippen molar-refractivity contribution in [3.63, 3.8) is 0 Å². The van der Waals surface area contributed by atoms with Crippen LogP contribution in [0.1, 0.15) is 32.2 Å². The molecule has 3 rings (SSSR count). The predicted octanol–water partition coefficient (Wildman–Crippen LogP) is 2.76. The Morgan fingerprint density at radius 2 is 2.12 bits per heavy atom. The zero-order valence-electron chi connectivity index (χ0n) is 10.1. The number of rotatable bonds is 1. The largest absolute Gasteiger partial charge is 0.391 e. The smallest absolute Gasteiger partial charge is 0.0785 e. The van der Waals surface area contributed by atoms with Gasteiger partial charge in [0.15, 0.2) is 0 Å². The normalized spacial score (nSPS) is 29.6. The monoisotopic (exact) mass is 230 g/mol. The van der Waals surface area contributed by atoms with Crippen molar-refractivity contribution in [3.05, 3.63) is 30.5 Å². The summed E-state index contributed by atoms with van der Waals surface area (Å²) in [7, 11) is 0. The van der Waals surface area contributed by atoms with Crippen molar-refractivity contribution < 1.29 is 5.11 Å². The average molecular weight is 230 g/mol. The number of fused-ring (bicyclic) bond motifs is 1. The number of para-hydroxylation sites is 1. The van der Waals surface area contributed by atoms with Gasteiger partial charge in [-0.05, 0) is 31.2 Å². The Balaban J connectivity index is 1.98. The van der Waals surface area contributed by atoms with E-state index in [1.165, 1.54) is 6.42 Å². The first-order chi connectivity index (χ1) is 8.25. The Bertz CT molecular complexity index is 520. The maximum absolute atomic E-state index is 10.2. The van der Waals surface area contributed by atoms with Gasteiger partial charge in [0.25, 0.3) is 0 Å². The van der Waals surface area contributed by atoms with Gasteiger partial charge in [-0.3, -0.25) is 4.68 Å². The van der Waals surface area contributed by atoms with Crippen molar-refractivity contribution in [2.24, 2.45) is 5.92 Å². The predicted molar refractivity (Wildman–Crippen MR) is 67.8 cm³/mol. The summed E-state index contributed by atoms with van der Waals surface area (Å²) in [6.07, 6.45) is 4.71. The van der Waals surface area contributed by atoms with E-state index in [9.17, 15) is 5.11 Å². The molecule has 0 amide bonds. The van der Waals surface area contributed by atoms with Crippen LogP contribution in [-0.2, 0) is 0 Å². The van der Waals surface area contributed by atoms with Gasteiger partial charge in [-0.15, -0.1) is 0 Å². The third-order valence-electron chi connectivity index (χ3n) is 3.86. The van der Waals surface area contributed by atoms with Crippen LogP contribution in [0.3, 0.4) is 0 Å². The average Bonchev–Trinajstić information content (AvgIpc) is 2.73. The first-order valence-corrected chi connectivity index (χ1v) is 6.36. The van der Waals surface area contributed by atoms with Crippen LogP contribution in [0, 0.1) is 5.92 Å². The second kappa shape index (κ2) is 4.15. The molecule has 90 valence electrons. The molecule has 0 bridgehead atoms.